The summed E-state index contributed by atoms with van der Waals surface area (Å²) >= 11 is 0. The molecule has 0 aliphatic carbocycles. The lowest BCUT2D eigenvalue weighted by Gasteiger charge is -2.10. The minimum absolute atomic E-state index is 0.866. The largest absolute Gasteiger partial charge is 0.0683 e. The summed E-state index contributed by atoms with van der Waals surface area (Å²) in [4.78, 5) is 0. The van der Waals surface area contributed by atoms with Gasteiger partial charge in [-0.2, -0.15) is 0 Å². The molecule has 0 spiro atoms. The highest BCUT2D eigenvalue weighted by atomic mass is 14.1. The molecule has 0 nitrogen and oxygen atoms in total. The minimum atomic E-state index is 0.866. The molecule has 1 unspecified atom stereocenters. The van der Waals surface area contributed by atoms with E-state index < -0.39 is 0 Å². The molecule has 112 valence electrons. The third-order valence-corrected chi connectivity index (χ3v) is 1.78. The maximum absolute atomic E-state index is 2.30. The molecule has 0 heteroatoms. The summed E-state index contributed by atoms with van der Waals surface area (Å²) in [5.41, 5.74) is 0. The van der Waals surface area contributed by atoms with Crippen molar-refractivity contribution in [2.75, 3.05) is 0 Å². The Morgan fingerprint density at radius 3 is 0.765 bits per heavy atom. The smallest absolute Gasteiger partial charge is 0.0422 e. The van der Waals surface area contributed by atoms with Gasteiger partial charge in [-0.05, 0) is 11.8 Å². The van der Waals surface area contributed by atoms with Crippen LogP contribution < -0.4 is 0 Å². The lowest BCUT2D eigenvalue weighted by molar-refractivity contribution is 0.407. The number of rotatable bonds is 2. The Labute approximate surface area is 115 Å². The van der Waals surface area contributed by atoms with Crippen LogP contribution in [0.3, 0.4) is 0 Å². The molecule has 1 atom stereocenters. The molecule has 0 N–H and O–H groups in total. The van der Waals surface area contributed by atoms with Crippen LogP contribution in [-0.4, -0.2) is 0 Å². The summed E-state index contributed by atoms with van der Waals surface area (Å²) < 4.78 is 0. The molecule has 17 heavy (non-hydrogen) atoms. The third kappa shape index (κ3) is 87.1. The van der Waals surface area contributed by atoms with E-state index in [1.807, 2.05) is 27.7 Å². The monoisotopic (exact) mass is 248 g/mol. The first-order valence-electron chi connectivity index (χ1n) is 8.01. The average Bonchev–Trinajstić information content (AvgIpc) is 2.35. The molecule has 0 aromatic heterocycles. The molecule has 0 radical (unpaired) electrons. The molecule has 0 rings (SSSR count). The predicted molar refractivity (Wildman–Crippen MR) is 88.9 cm³/mol. The van der Waals surface area contributed by atoms with Gasteiger partial charge in [0.1, 0.15) is 0 Å². The molecule has 0 fully saturated rings. The van der Waals surface area contributed by atoms with E-state index >= 15 is 0 Å². The van der Waals surface area contributed by atoms with E-state index in [0.717, 1.165) is 11.8 Å². The Balaban J connectivity index is -0.0000000408. The van der Waals surface area contributed by atoms with Crippen LogP contribution in [0.25, 0.3) is 0 Å². The summed E-state index contributed by atoms with van der Waals surface area (Å²) in [6.07, 6.45) is 3.82. The average molecular weight is 249 g/mol. The van der Waals surface area contributed by atoms with Crippen LogP contribution in [0.5, 0.6) is 0 Å². The van der Waals surface area contributed by atoms with Crippen molar-refractivity contribution in [3.63, 3.8) is 0 Å². The summed E-state index contributed by atoms with van der Waals surface area (Å²) in [6.45, 7) is 25.6. The quantitative estimate of drug-likeness (QED) is 0.472. The normalized spacial score (nSPS) is 9.00. The van der Waals surface area contributed by atoms with Crippen molar-refractivity contribution in [1.29, 1.82) is 0 Å². The lowest BCUT2D eigenvalue weighted by atomic mass is 9.96. The molecule has 0 aromatic carbocycles. The van der Waals surface area contributed by atoms with Crippen LogP contribution >= 0.6 is 0 Å². The van der Waals surface area contributed by atoms with E-state index in [1.54, 1.807) is 0 Å². The van der Waals surface area contributed by atoms with Gasteiger partial charge < -0.3 is 0 Å². The Morgan fingerprint density at radius 1 is 0.588 bits per heavy atom. The standard InChI is InChI=1S/C7H16.2C3H8.2C2H6/c1-5-7(4)6(2)3;2*1-3-2;2*1-2/h6-7H,5H2,1-4H3;2*3H2,1-2H3;2*1-2H3. The number of hydrogen-bond donors (Lipinski definition) is 0. The van der Waals surface area contributed by atoms with Crippen molar-refractivity contribution < 1.29 is 0 Å². The van der Waals surface area contributed by atoms with Crippen LogP contribution in [-0.2, 0) is 0 Å². The van der Waals surface area contributed by atoms with Crippen molar-refractivity contribution in [3.05, 3.63) is 0 Å². The summed E-state index contributed by atoms with van der Waals surface area (Å²) in [5, 5.41) is 0. The second kappa shape index (κ2) is 44.4. The zero-order valence-corrected chi connectivity index (χ0v) is 15.3. The third-order valence-electron chi connectivity index (χ3n) is 1.78. The highest BCUT2D eigenvalue weighted by Gasteiger charge is 2.01. The van der Waals surface area contributed by atoms with E-state index in [-0.39, 0.29) is 0 Å². The van der Waals surface area contributed by atoms with Crippen molar-refractivity contribution in [2.24, 2.45) is 11.8 Å². The van der Waals surface area contributed by atoms with Crippen molar-refractivity contribution in [2.45, 2.75) is 102 Å². The fourth-order valence-corrected chi connectivity index (χ4v) is 0.471. The van der Waals surface area contributed by atoms with Crippen molar-refractivity contribution in [3.8, 4) is 0 Å². The van der Waals surface area contributed by atoms with Gasteiger partial charge in [-0.25, -0.2) is 0 Å². The molecule has 0 saturated heterocycles. The topological polar surface area (TPSA) is 0 Å². The van der Waals surface area contributed by atoms with Crippen molar-refractivity contribution in [1.82, 2.24) is 0 Å². The number of hydrogen-bond acceptors (Lipinski definition) is 0. The van der Waals surface area contributed by atoms with Gasteiger partial charge in [0.25, 0.3) is 0 Å². The molecular weight excluding hydrogens is 204 g/mol. The highest BCUT2D eigenvalue weighted by Crippen LogP contribution is 2.11. The molecule has 0 aliphatic heterocycles. The Hall–Kier alpha value is 0. The summed E-state index contributed by atoms with van der Waals surface area (Å²) in [5.74, 6) is 1.77. The van der Waals surface area contributed by atoms with Gasteiger partial charge in [-0.15, -0.1) is 0 Å². The second-order valence-corrected chi connectivity index (χ2v) is 4.04. The Bertz CT molecular complexity index is 53.1. The fraction of sp³-hybridized carbons (Fsp3) is 1.00. The van der Waals surface area contributed by atoms with Gasteiger partial charge in [0, 0.05) is 0 Å². The van der Waals surface area contributed by atoms with Crippen molar-refractivity contribution >= 4 is 0 Å². The Morgan fingerprint density at radius 2 is 0.765 bits per heavy atom. The van der Waals surface area contributed by atoms with E-state index in [0.29, 0.717) is 0 Å². The second-order valence-electron chi connectivity index (χ2n) is 4.04. The predicted octanol–water partition coefficient (Wildman–Crippen LogP) is 7.57. The molecule has 0 saturated carbocycles. The van der Waals surface area contributed by atoms with E-state index in [9.17, 15) is 0 Å². The zero-order valence-electron chi connectivity index (χ0n) is 15.3. The van der Waals surface area contributed by atoms with Gasteiger partial charge >= 0.3 is 0 Å². The van der Waals surface area contributed by atoms with E-state index in [2.05, 4.69) is 55.4 Å². The van der Waals surface area contributed by atoms with Crippen LogP contribution in [0.4, 0.5) is 0 Å². The molecule has 0 amide bonds. The molecule has 0 aromatic rings. The maximum Gasteiger partial charge on any atom is -0.0422 e. The zero-order chi connectivity index (χ0) is 15.3. The van der Waals surface area contributed by atoms with Crippen LogP contribution in [0.1, 0.15) is 102 Å². The molecule has 0 bridgehead atoms. The summed E-state index contributed by atoms with van der Waals surface area (Å²) in [7, 11) is 0. The maximum atomic E-state index is 2.30. The first-order valence-corrected chi connectivity index (χ1v) is 8.01. The van der Waals surface area contributed by atoms with Gasteiger partial charge in [-0.3, -0.25) is 0 Å². The van der Waals surface area contributed by atoms with Crippen LogP contribution in [0.2, 0.25) is 0 Å². The van der Waals surface area contributed by atoms with Gasteiger partial charge in [0.2, 0.25) is 0 Å². The van der Waals surface area contributed by atoms with Gasteiger partial charge in [0.15, 0.2) is 0 Å². The SMILES string of the molecule is CC.CC.CCC.CCC.CCC(C)C(C)C. The van der Waals surface area contributed by atoms with Crippen LogP contribution in [0, 0.1) is 11.8 Å². The molecule has 0 heterocycles. The van der Waals surface area contributed by atoms with Gasteiger partial charge in [0.05, 0.1) is 0 Å². The molecule has 0 aliphatic rings. The van der Waals surface area contributed by atoms with Gasteiger partial charge in [-0.1, -0.05) is 102 Å². The molecular formula is C17H44. The minimum Gasteiger partial charge on any atom is -0.0683 e. The van der Waals surface area contributed by atoms with E-state index in [4.69, 9.17) is 0 Å². The highest BCUT2D eigenvalue weighted by molar-refractivity contribution is 4.52. The Kier molecular flexibility index (Phi) is 79.0. The van der Waals surface area contributed by atoms with E-state index in [1.165, 1.54) is 19.3 Å². The first kappa shape index (κ1) is 30.2. The van der Waals surface area contributed by atoms with Crippen LogP contribution in [0.15, 0.2) is 0 Å². The first-order chi connectivity index (χ1) is 8.01. The summed E-state index contributed by atoms with van der Waals surface area (Å²) in [6, 6.07) is 0. The fourth-order valence-electron chi connectivity index (χ4n) is 0.471. The lowest BCUT2D eigenvalue weighted by Crippen LogP contribution is -2.00.